The topological polar surface area (TPSA) is 82.2 Å². The summed E-state index contributed by atoms with van der Waals surface area (Å²) < 4.78 is 0. The van der Waals surface area contributed by atoms with E-state index in [1.165, 1.54) is 0 Å². The van der Waals surface area contributed by atoms with Crippen LogP contribution in [0.2, 0.25) is 0 Å². The lowest BCUT2D eigenvalue weighted by atomic mass is 10.1. The van der Waals surface area contributed by atoms with Gasteiger partial charge in [0.1, 0.15) is 0 Å². The first-order valence-corrected chi connectivity index (χ1v) is 4.70. The van der Waals surface area contributed by atoms with E-state index in [9.17, 15) is 4.79 Å². The zero-order valence-electron chi connectivity index (χ0n) is 8.95. The Morgan fingerprint density at radius 2 is 2.21 bits per heavy atom. The number of carbonyl (C=O) groups excluding carboxylic acids is 1. The second-order valence-electron chi connectivity index (χ2n) is 3.30. The minimum Gasteiger partial charge on any atom is -0.293 e. The van der Waals surface area contributed by atoms with Gasteiger partial charge in [0.15, 0.2) is 0 Å². The van der Waals surface area contributed by atoms with Crippen LogP contribution in [-0.2, 0) is 4.79 Å². The minimum absolute atomic E-state index is 0.0806. The molecule has 2 atom stereocenters. The van der Waals surface area contributed by atoms with Gasteiger partial charge in [-0.3, -0.25) is 15.1 Å². The van der Waals surface area contributed by atoms with Gasteiger partial charge in [0.25, 0.3) is 5.91 Å². The number of nitrogens with two attached hydrogens (primary N) is 1. The van der Waals surface area contributed by atoms with Crippen molar-refractivity contribution in [3.63, 3.8) is 0 Å². The Morgan fingerprint density at radius 3 is 2.57 bits per heavy atom. The Bertz CT molecular complexity index is 223. The summed E-state index contributed by atoms with van der Waals surface area (Å²) in [6, 6.07) is 1.85. The predicted molar refractivity (Wildman–Crippen MR) is 53.8 cm³/mol. The third kappa shape index (κ3) is 3.73. The van der Waals surface area contributed by atoms with Gasteiger partial charge < -0.3 is 0 Å². The van der Waals surface area contributed by atoms with Gasteiger partial charge in [-0.1, -0.05) is 6.92 Å². The van der Waals surface area contributed by atoms with Gasteiger partial charge in [0, 0.05) is 6.54 Å². The van der Waals surface area contributed by atoms with Crippen molar-refractivity contribution in [3.8, 4) is 6.07 Å². The molecule has 0 bridgehead atoms. The van der Waals surface area contributed by atoms with Crippen molar-refractivity contribution >= 4 is 5.91 Å². The van der Waals surface area contributed by atoms with E-state index in [0.717, 1.165) is 6.54 Å². The Labute approximate surface area is 84.8 Å². The number of amides is 1. The maximum absolute atomic E-state index is 11.2. The monoisotopic (exact) mass is 198 g/mol. The Kier molecular flexibility index (Phi) is 5.84. The molecule has 0 aromatic carbocycles. The molecule has 0 radical (unpaired) electrons. The molecule has 0 heterocycles. The zero-order valence-corrected chi connectivity index (χ0v) is 8.95. The van der Waals surface area contributed by atoms with Crippen LogP contribution in [0, 0.1) is 17.2 Å². The highest BCUT2D eigenvalue weighted by Crippen LogP contribution is 2.03. The number of hydrazine groups is 1. The zero-order chi connectivity index (χ0) is 11.1. The molecule has 0 spiro atoms. The van der Waals surface area contributed by atoms with E-state index in [1.807, 2.05) is 18.7 Å². The molecule has 0 aliphatic rings. The van der Waals surface area contributed by atoms with Crippen LogP contribution in [-0.4, -0.2) is 29.9 Å². The maximum atomic E-state index is 11.2. The van der Waals surface area contributed by atoms with Gasteiger partial charge in [-0.25, -0.2) is 5.84 Å². The van der Waals surface area contributed by atoms with Crippen molar-refractivity contribution in [2.75, 3.05) is 13.1 Å². The van der Waals surface area contributed by atoms with E-state index in [0.29, 0.717) is 6.54 Å². The summed E-state index contributed by atoms with van der Waals surface area (Å²) in [7, 11) is 0. The highest BCUT2D eigenvalue weighted by atomic mass is 16.2. The minimum atomic E-state index is -0.291. The largest absolute Gasteiger partial charge is 0.293 e. The van der Waals surface area contributed by atoms with Crippen molar-refractivity contribution in [1.29, 1.82) is 5.26 Å². The molecule has 0 fully saturated rings. The second kappa shape index (κ2) is 6.35. The first-order valence-electron chi connectivity index (χ1n) is 4.70. The first kappa shape index (κ1) is 12.9. The molecule has 1 amide bonds. The molecule has 14 heavy (non-hydrogen) atoms. The lowest BCUT2D eigenvalue weighted by Crippen LogP contribution is -2.48. The Morgan fingerprint density at radius 1 is 1.64 bits per heavy atom. The second-order valence-corrected chi connectivity index (χ2v) is 3.30. The summed E-state index contributed by atoms with van der Waals surface area (Å²) in [4.78, 5) is 13.1. The summed E-state index contributed by atoms with van der Waals surface area (Å²) in [5, 5.41) is 8.65. The third-order valence-corrected chi connectivity index (χ3v) is 2.20. The highest BCUT2D eigenvalue weighted by molar-refractivity contribution is 5.80. The average molecular weight is 198 g/mol. The number of hydrogen-bond donors (Lipinski definition) is 2. The molecule has 2 unspecified atom stereocenters. The lowest BCUT2D eigenvalue weighted by Gasteiger charge is -2.26. The van der Waals surface area contributed by atoms with Gasteiger partial charge in [0.05, 0.1) is 18.0 Å². The SMILES string of the molecule is CCN(CC(C)C#N)C(C)C(=O)NN. The van der Waals surface area contributed by atoms with Crippen LogP contribution in [0.15, 0.2) is 0 Å². The van der Waals surface area contributed by atoms with Gasteiger partial charge in [-0.15, -0.1) is 0 Å². The molecule has 0 rings (SSSR count). The molecule has 5 heteroatoms. The molecular formula is C9H18N4O. The Hall–Kier alpha value is -1.12. The van der Waals surface area contributed by atoms with E-state index in [-0.39, 0.29) is 17.9 Å². The molecule has 3 N–H and O–H groups in total. The highest BCUT2D eigenvalue weighted by Gasteiger charge is 2.20. The van der Waals surface area contributed by atoms with Crippen molar-refractivity contribution in [1.82, 2.24) is 10.3 Å². The van der Waals surface area contributed by atoms with Crippen LogP contribution < -0.4 is 11.3 Å². The molecule has 0 saturated heterocycles. The number of likely N-dealkylation sites (N-methyl/N-ethyl adjacent to an activating group) is 1. The van der Waals surface area contributed by atoms with Crippen molar-refractivity contribution in [2.24, 2.45) is 11.8 Å². The van der Waals surface area contributed by atoms with Gasteiger partial charge in [-0.2, -0.15) is 5.26 Å². The summed E-state index contributed by atoms with van der Waals surface area (Å²) in [6.45, 7) is 6.86. The maximum Gasteiger partial charge on any atom is 0.250 e. The van der Waals surface area contributed by atoms with Gasteiger partial charge in [-0.05, 0) is 20.4 Å². The predicted octanol–water partition coefficient (Wildman–Crippen LogP) is -0.154. The number of nitriles is 1. The standard InChI is InChI=1S/C9H18N4O/c1-4-13(6-7(2)5-10)8(3)9(14)12-11/h7-8H,4,6,11H2,1-3H3,(H,12,14). The lowest BCUT2D eigenvalue weighted by molar-refractivity contribution is -0.126. The normalized spacial score (nSPS) is 14.6. The number of carbonyl (C=O) groups is 1. The number of hydrogen-bond acceptors (Lipinski definition) is 4. The fourth-order valence-corrected chi connectivity index (χ4v) is 1.24. The van der Waals surface area contributed by atoms with E-state index in [4.69, 9.17) is 11.1 Å². The van der Waals surface area contributed by atoms with E-state index >= 15 is 0 Å². The smallest absolute Gasteiger partial charge is 0.250 e. The third-order valence-electron chi connectivity index (χ3n) is 2.20. The summed E-state index contributed by atoms with van der Waals surface area (Å²) in [5.41, 5.74) is 2.11. The average Bonchev–Trinajstić information content (AvgIpc) is 2.23. The van der Waals surface area contributed by atoms with Crippen LogP contribution in [0.25, 0.3) is 0 Å². The van der Waals surface area contributed by atoms with E-state index in [2.05, 4.69) is 11.5 Å². The van der Waals surface area contributed by atoms with Crippen molar-refractivity contribution in [3.05, 3.63) is 0 Å². The van der Waals surface area contributed by atoms with E-state index < -0.39 is 0 Å². The number of rotatable bonds is 5. The van der Waals surface area contributed by atoms with Gasteiger partial charge in [0.2, 0.25) is 0 Å². The van der Waals surface area contributed by atoms with Crippen molar-refractivity contribution < 1.29 is 4.79 Å². The summed E-state index contributed by atoms with van der Waals surface area (Å²) >= 11 is 0. The molecule has 0 aromatic heterocycles. The molecular weight excluding hydrogens is 180 g/mol. The van der Waals surface area contributed by atoms with Crippen LogP contribution >= 0.6 is 0 Å². The Balaban J connectivity index is 4.27. The first-order chi connectivity index (χ1) is 6.56. The van der Waals surface area contributed by atoms with Crippen LogP contribution in [0.5, 0.6) is 0 Å². The molecule has 0 aliphatic carbocycles. The van der Waals surface area contributed by atoms with E-state index in [1.54, 1.807) is 6.92 Å². The summed E-state index contributed by atoms with van der Waals surface area (Å²) in [6.07, 6.45) is 0. The molecule has 0 aliphatic heterocycles. The number of nitrogens with zero attached hydrogens (tertiary/aromatic N) is 2. The van der Waals surface area contributed by atoms with Crippen LogP contribution in [0.4, 0.5) is 0 Å². The molecule has 5 nitrogen and oxygen atoms in total. The van der Waals surface area contributed by atoms with Gasteiger partial charge >= 0.3 is 0 Å². The molecule has 0 aromatic rings. The fourth-order valence-electron chi connectivity index (χ4n) is 1.24. The van der Waals surface area contributed by atoms with Crippen LogP contribution in [0.3, 0.4) is 0 Å². The molecule has 80 valence electrons. The molecule has 0 saturated carbocycles. The van der Waals surface area contributed by atoms with Crippen LogP contribution in [0.1, 0.15) is 20.8 Å². The number of nitrogens with one attached hydrogen (secondary N) is 1. The fraction of sp³-hybridized carbons (Fsp3) is 0.778. The van der Waals surface area contributed by atoms with Crippen molar-refractivity contribution in [2.45, 2.75) is 26.8 Å². The summed E-state index contributed by atoms with van der Waals surface area (Å²) in [5.74, 6) is 4.73. The quantitative estimate of drug-likeness (QED) is 0.365.